The molecule has 290 valence electrons. The van der Waals surface area contributed by atoms with Crippen molar-refractivity contribution in [3.8, 4) is 17.0 Å². The Labute approximate surface area is 330 Å². The summed E-state index contributed by atoms with van der Waals surface area (Å²) in [6.07, 6.45) is 1.73. The van der Waals surface area contributed by atoms with Crippen LogP contribution in [0.3, 0.4) is 0 Å². The van der Waals surface area contributed by atoms with Crippen LogP contribution < -0.4 is 10.2 Å². The molecule has 1 aromatic heterocycles. The van der Waals surface area contributed by atoms with Crippen LogP contribution in [0.1, 0.15) is 61.2 Å². The molecule has 56 heavy (non-hydrogen) atoms. The van der Waals surface area contributed by atoms with E-state index in [1.54, 1.807) is 36.2 Å². The van der Waals surface area contributed by atoms with E-state index in [1.807, 2.05) is 91.0 Å². The number of hydrogen-bond acceptors (Lipinski definition) is 6. The van der Waals surface area contributed by atoms with Gasteiger partial charge in [0.25, 0.3) is 11.8 Å². The van der Waals surface area contributed by atoms with Gasteiger partial charge in [-0.25, -0.2) is 0 Å². The van der Waals surface area contributed by atoms with E-state index >= 15 is 0 Å². The number of fused-ring (bicyclic) bond motifs is 2. The number of aromatic hydroxyl groups is 1. The molecule has 0 fully saturated rings. The van der Waals surface area contributed by atoms with Gasteiger partial charge in [0, 0.05) is 86.8 Å². The summed E-state index contributed by atoms with van der Waals surface area (Å²) in [6.45, 7) is 7.30. The van der Waals surface area contributed by atoms with Crippen LogP contribution in [0.25, 0.3) is 11.3 Å². The minimum absolute atomic E-state index is 0.0137. The van der Waals surface area contributed by atoms with Gasteiger partial charge in [-0.2, -0.15) is 0 Å². The zero-order valence-corrected chi connectivity index (χ0v) is 33.3. The third-order valence-corrected chi connectivity index (χ3v) is 11.5. The predicted octanol–water partition coefficient (Wildman–Crippen LogP) is 6.67. The van der Waals surface area contributed by atoms with Gasteiger partial charge in [-0.15, -0.1) is 0 Å². The number of phenols is 1. The maximum atomic E-state index is 14.9. The quantitative estimate of drug-likeness (QED) is 0.165. The maximum absolute atomic E-state index is 14.9. The Kier molecular flexibility index (Phi) is 11.0. The minimum Gasteiger partial charge on any atom is -0.508 e. The Bertz CT molecular complexity index is 2260. The summed E-state index contributed by atoms with van der Waals surface area (Å²) in [6, 6.07) is 28.9. The average Bonchev–Trinajstić information content (AvgIpc) is 3.49. The Morgan fingerprint density at radius 3 is 2.27 bits per heavy atom. The summed E-state index contributed by atoms with van der Waals surface area (Å²) in [5, 5.41) is 13.2. The standard InChI is InChI=1S/C46H52N6O4/c1-30-23-33-9-7-8-10-35(33)29-52(30)46(56)42-26-36-28-51(44(54)24-32-11-13-37(14-12-32)47-20-22-48(3)4)21-19-34(36)25-41(42)43-27-40(31(2)49(43)5)45(55)50(6)38-15-17-39(53)18-16-38/h7-18,25-27,30,47,53H,19-24,28-29H2,1-6H3/t30-/m1/s1. The van der Waals surface area contributed by atoms with Crippen LogP contribution in [0.15, 0.2) is 91.0 Å². The molecular formula is C46H52N6O4. The zero-order valence-electron chi connectivity index (χ0n) is 33.3. The summed E-state index contributed by atoms with van der Waals surface area (Å²) in [5.74, 6) is -0.0707. The van der Waals surface area contributed by atoms with Gasteiger partial charge in [-0.05, 0) is 123 Å². The van der Waals surface area contributed by atoms with Gasteiger partial charge in [-0.1, -0.05) is 36.4 Å². The van der Waals surface area contributed by atoms with Gasteiger partial charge in [0.1, 0.15) is 5.75 Å². The number of amides is 3. The Hall–Kier alpha value is -5.87. The van der Waals surface area contributed by atoms with Crippen LogP contribution >= 0.6 is 0 Å². The van der Waals surface area contributed by atoms with Crippen molar-refractivity contribution in [2.45, 2.75) is 52.2 Å². The molecule has 1 atom stereocenters. The molecule has 2 N–H and O–H groups in total. The number of hydrogen-bond donors (Lipinski definition) is 2. The van der Waals surface area contributed by atoms with Crippen LogP contribution in [0.4, 0.5) is 11.4 Å². The van der Waals surface area contributed by atoms with Crippen LogP contribution in [0, 0.1) is 6.92 Å². The Balaban J connectivity index is 1.20. The molecule has 4 aromatic carbocycles. The largest absolute Gasteiger partial charge is 0.508 e. The normalized spacial score (nSPS) is 15.0. The number of nitrogens with zero attached hydrogens (tertiary/aromatic N) is 5. The zero-order chi connectivity index (χ0) is 39.7. The highest BCUT2D eigenvalue weighted by Crippen LogP contribution is 2.36. The predicted molar refractivity (Wildman–Crippen MR) is 222 cm³/mol. The molecular weight excluding hydrogens is 701 g/mol. The molecule has 0 aliphatic carbocycles. The number of nitrogens with one attached hydrogen (secondary N) is 1. The van der Waals surface area contributed by atoms with Crippen molar-refractivity contribution in [3.05, 3.63) is 136 Å². The highest BCUT2D eigenvalue weighted by Gasteiger charge is 2.32. The Morgan fingerprint density at radius 2 is 1.55 bits per heavy atom. The minimum atomic E-state index is -0.188. The molecule has 7 rings (SSSR count). The number of phenolic OH excluding ortho intramolecular Hbond substituents is 1. The first-order valence-corrected chi connectivity index (χ1v) is 19.4. The third-order valence-electron chi connectivity index (χ3n) is 11.5. The van der Waals surface area contributed by atoms with Gasteiger partial charge in [0.05, 0.1) is 12.0 Å². The molecule has 10 heteroatoms. The van der Waals surface area contributed by atoms with Crippen molar-refractivity contribution in [2.24, 2.45) is 7.05 Å². The lowest BCUT2D eigenvalue weighted by atomic mass is 9.89. The first kappa shape index (κ1) is 38.4. The van der Waals surface area contributed by atoms with Crippen LogP contribution in [0.2, 0.25) is 0 Å². The van der Waals surface area contributed by atoms with Crippen molar-refractivity contribution in [1.29, 1.82) is 0 Å². The topological polar surface area (TPSA) is 101 Å². The van der Waals surface area contributed by atoms with Crippen LogP contribution in [-0.4, -0.2) is 88.9 Å². The lowest BCUT2D eigenvalue weighted by Crippen LogP contribution is -2.43. The monoisotopic (exact) mass is 752 g/mol. The fourth-order valence-electron chi connectivity index (χ4n) is 7.92. The van der Waals surface area contributed by atoms with E-state index in [9.17, 15) is 19.5 Å². The summed E-state index contributed by atoms with van der Waals surface area (Å²) in [4.78, 5) is 50.1. The molecule has 3 amide bonds. The van der Waals surface area contributed by atoms with Crippen LogP contribution in [0.5, 0.6) is 5.75 Å². The number of carbonyl (C=O) groups excluding carboxylic acids is 3. The third kappa shape index (κ3) is 7.93. The highest BCUT2D eigenvalue weighted by atomic mass is 16.3. The molecule has 0 unspecified atom stereocenters. The molecule has 2 aliphatic heterocycles. The molecule has 0 saturated carbocycles. The smallest absolute Gasteiger partial charge is 0.259 e. The van der Waals surface area contributed by atoms with E-state index in [4.69, 9.17) is 0 Å². The van der Waals surface area contributed by atoms with Crippen molar-refractivity contribution >= 4 is 29.1 Å². The molecule has 10 nitrogen and oxygen atoms in total. The molecule has 0 spiro atoms. The highest BCUT2D eigenvalue weighted by molar-refractivity contribution is 6.08. The first-order chi connectivity index (χ1) is 26.9. The van der Waals surface area contributed by atoms with E-state index in [2.05, 4.69) is 35.3 Å². The first-order valence-electron chi connectivity index (χ1n) is 19.4. The number of anilines is 2. The molecule has 2 aliphatic rings. The number of aromatic nitrogens is 1. The number of likely N-dealkylation sites (N-methyl/N-ethyl adjacent to an activating group) is 1. The number of rotatable bonds is 10. The fraction of sp³-hybridized carbons (Fsp3) is 0.326. The van der Waals surface area contributed by atoms with Gasteiger partial charge in [-0.3, -0.25) is 14.4 Å². The molecule has 0 saturated heterocycles. The Morgan fingerprint density at radius 1 is 0.839 bits per heavy atom. The second-order valence-corrected chi connectivity index (χ2v) is 15.6. The molecule has 5 aromatic rings. The van der Waals surface area contributed by atoms with Gasteiger partial charge in [0.2, 0.25) is 5.91 Å². The van der Waals surface area contributed by atoms with Crippen molar-refractivity contribution in [3.63, 3.8) is 0 Å². The van der Waals surface area contributed by atoms with Gasteiger partial charge < -0.3 is 34.6 Å². The maximum Gasteiger partial charge on any atom is 0.259 e. The van der Waals surface area contributed by atoms with Gasteiger partial charge in [0.15, 0.2) is 0 Å². The van der Waals surface area contributed by atoms with Gasteiger partial charge >= 0.3 is 0 Å². The number of carbonyl (C=O) groups is 3. The summed E-state index contributed by atoms with van der Waals surface area (Å²) in [5.41, 5.74) is 10.5. The van der Waals surface area contributed by atoms with E-state index in [0.29, 0.717) is 49.3 Å². The fourth-order valence-corrected chi connectivity index (χ4v) is 7.92. The van der Waals surface area contributed by atoms with E-state index < -0.39 is 0 Å². The van der Waals surface area contributed by atoms with E-state index in [0.717, 1.165) is 64.4 Å². The van der Waals surface area contributed by atoms with E-state index in [1.165, 1.54) is 5.56 Å². The van der Waals surface area contributed by atoms with Crippen molar-refractivity contribution < 1.29 is 19.5 Å². The second kappa shape index (κ2) is 16.1. The summed E-state index contributed by atoms with van der Waals surface area (Å²) >= 11 is 0. The van der Waals surface area contributed by atoms with Crippen molar-refractivity contribution in [1.82, 2.24) is 19.3 Å². The number of benzene rings is 4. The lowest BCUT2D eigenvalue weighted by molar-refractivity contribution is -0.131. The van der Waals surface area contributed by atoms with E-state index in [-0.39, 0.29) is 29.5 Å². The average molecular weight is 753 g/mol. The molecule has 0 bridgehead atoms. The van der Waals surface area contributed by atoms with Crippen LogP contribution in [-0.2, 0) is 44.2 Å². The SMILES string of the molecule is Cc1c(C(=O)N(C)c2ccc(O)cc2)cc(-c2cc3c(cc2C(=O)N2Cc4ccccc4C[C@H]2C)CN(C(=O)Cc2ccc(NCCN(C)C)cc2)CC3)n1C. The molecule has 3 heterocycles. The summed E-state index contributed by atoms with van der Waals surface area (Å²) in [7, 11) is 7.75. The molecule has 0 radical (unpaired) electrons. The lowest BCUT2D eigenvalue weighted by Gasteiger charge is -2.36. The second-order valence-electron chi connectivity index (χ2n) is 15.6. The summed E-state index contributed by atoms with van der Waals surface area (Å²) < 4.78 is 1.99. The van der Waals surface area contributed by atoms with Crippen molar-refractivity contribution in [2.75, 3.05) is 51.0 Å².